The minimum absolute atomic E-state index is 0.0138. The van der Waals surface area contributed by atoms with E-state index in [4.69, 9.17) is 12.2 Å². The number of benzene rings is 3. The maximum absolute atomic E-state index is 12.3. The Hall–Kier alpha value is -4.58. The van der Waals surface area contributed by atoms with Crippen LogP contribution in [0.15, 0.2) is 84.2 Å². The van der Waals surface area contributed by atoms with Crippen molar-refractivity contribution in [2.45, 2.75) is 13.3 Å². The number of ether oxygens (including phenoxy) is 1. The summed E-state index contributed by atoms with van der Waals surface area (Å²) in [6.45, 7) is 1.50. The predicted octanol–water partition coefficient (Wildman–Crippen LogP) is 5.36. The van der Waals surface area contributed by atoms with Crippen molar-refractivity contribution >= 4 is 35.0 Å². The van der Waals surface area contributed by atoms with Crippen LogP contribution < -0.4 is 15.5 Å². The third-order valence-electron chi connectivity index (χ3n) is 4.92. The molecule has 188 valence electrons. The standard InChI is InChI=1S/C25H19F3N6O2S/c1-16(35)18-6-8-20(9-7-18)31-24(37)32-30-14-17-2-4-19(5-3-17)23-29-15-34(33-23)21-10-12-22(13-11-21)36-25(26,27)28/h2-15H,1H3,(H2,31,32,37). The fourth-order valence-electron chi connectivity index (χ4n) is 3.15. The molecule has 3 aromatic carbocycles. The second-order valence-corrected chi connectivity index (χ2v) is 8.04. The molecule has 37 heavy (non-hydrogen) atoms. The minimum Gasteiger partial charge on any atom is -0.406 e. The lowest BCUT2D eigenvalue weighted by Gasteiger charge is -2.09. The molecule has 1 heterocycles. The van der Waals surface area contributed by atoms with Crippen LogP contribution in [0.5, 0.6) is 5.75 Å². The van der Waals surface area contributed by atoms with Crippen molar-refractivity contribution < 1.29 is 22.7 Å². The largest absolute Gasteiger partial charge is 0.573 e. The van der Waals surface area contributed by atoms with Gasteiger partial charge in [-0.2, -0.15) is 5.10 Å². The Kier molecular flexibility index (Phi) is 7.58. The van der Waals surface area contributed by atoms with Crippen molar-refractivity contribution in [2.24, 2.45) is 5.10 Å². The van der Waals surface area contributed by atoms with Crippen LogP contribution in [-0.4, -0.2) is 38.2 Å². The Morgan fingerprint density at radius 3 is 2.32 bits per heavy atom. The van der Waals surface area contributed by atoms with Gasteiger partial charge in [0.2, 0.25) is 0 Å². The fourth-order valence-corrected chi connectivity index (χ4v) is 3.32. The van der Waals surface area contributed by atoms with E-state index in [2.05, 4.69) is 30.7 Å². The van der Waals surface area contributed by atoms with Gasteiger partial charge in [-0.05, 0) is 73.2 Å². The number of thiocarbonyl (C=S) groups is 1. The molecule has 0 aliphatic heterocycles. The van der Waals surface area contributed by atoms with Crippen LogP contribution in [0.3, 0.4) is 0 Å². The summed E-state index contributed by atoms with van der Waals surface area (Å²) in [6, 6.07) is 19.5. The number of anilines is 1. The Morgan fingerprint density at radius 1 is 1.03 bits per heavy atom. The Morgan fingerprint density at radius 2 is 1.70 bits per heavy atom. The Bertz CT molecular complexity index is 1420. The lowest BCUT2D eigenvalue weighted by atomic mass is 10.1. The van der Waals surface area contributed by atoms with Crippen molar-refractivity contribution in [3.05, 3.63) is 90.3 Å². The first-order chi connectivity index (χ1) is 17.7. The molecule has 4 rings (SSSR count). The Balaban J connectivity index is 1.32. The van der Waals surface area contributed by atoms with Crippen LogP contribution in [-0.2, 0) is 0 Å². The van der Waals surface area contributed by atoms with E-state index in [0.717, 1.165) is 16.8 Å². The molecule has 0 atom stereocenters. The van der Waals surface area contributed by atoms with Gasteiger partial charge in [0, 0.05) is 16.8 Å². The van der Waals surface area contributed by atoms with Gasteiger partial charge in [0.25, 0.3) is 0 Å². The van der Waals surface area contributed by atoms with Crippen molar-refractivity contribution in [3.63, 3.8) is 0 Å². The van der Waals surface area contributed by atoms with Gasteiger partial charge in [0.15, 0.2) is 16.7 Å². The number of carbonyl (C=O) groups excluding carboxylic acids is 1. The third-order valence-corrected chi connectivity index (χ3v) is 5.12. The highest BCUT2D eigenvalue weighted by Gasteiger charge is 2.31. The highest BCUT2D eigenvalue weighted by atomic mass is 32.1. The molecular weight excluding hydrogens is 505 g/mol. The maximum atomic E-state index is 12.3. The number of nitrogens with one attached hydrogen (secondary N) is 2. The number of hydrogen-bond donors (Lipinski definition) is 2. The van der Waals surface area contributed by atoms with E-state index in [0.29, 0.717) is 17.1 Å². The molecule has 0 spiro atoms. The molecule has 0 unspecified atom stereocenters. The SMILES string of the molecule is CC(=O)c1ccc(NC(=S)NN=Cc2ccc(-c3ncn(-c4ccc(OC(F)(F)F)cc4)n3)cc2)cc1. The van der Waals surface area contributed by atoms with Crippen molar-refractivity contribution in [1.29, 1.82) is 0 Å². The number of carbonyl (C=O) groups is 1. The molecule has 12 heteroatoms. The van der Waals surface area contributed by atoms with Crippen LogP contribution in [0.4, 0.5) is 18.9 Å². The van der Waals surface area contributed by atoms with E-state index in [9.17, 15) is 18.0 Å². The smallest absolute Gasteiger partial charge is 0.406 e. The zero-order chi connectivity index (χ0) is 26.4. The van der Waals surface area contributed by atoms with E-state index < -0.39 is 6.36 Å². The molecule has 1 aromatic heterocycles. The highest BCUT2D eigenvalue weighted by molar-refractivity contribution is 7.80. The van der Waals surface area contributed by atoms with Gasteiger partial charge in [0.05, 0.1) is 11.9 Å². The van der Waals surface area contributed by atoms with Gasteiger partial charge in [0.1, 0.15) is 12.1 Å². The Labute approximate surface area is 214 Å². The first kappa shape index (κ1) is 25.5. The van der Waals surface area contributed by atoms with E-state index >= 15 is 0 Å². The first-order valence-corrected chi connectivity index (χ1v) is 11.2. The number of nitrogens with zero attached hydrogens (tertiary/aromatic N) is 4. The van der Waals surface area contributed by atoms with Crippen LogP contribution in [0, 0.1) is 0 Å². The molecule has 0 saturated carbocycles. The van der Waals surface area contributed by atoms with E-state index in [1.807, 2.05) is 24.3 Å². The summed E-state index contributed by atoms with van der Waals surface area (Å²) in [5, 5.41) is 11.7. The lowest BCUT2D eigenvalue weighted by molar-refractivity contribution is -0.274. The molecule has 0 aliphatic carbocycles. The number of aromatic nitrogens is 3. The van der Waals surface area contributed by atoms with Crippen molar-refractivity contribution in [2.75, 3.05) is 5.32 Å². The van der Waals surface area contributed by atoms with E-state index in [1.54, 1.807) is 30.5 Å². The first-order valence-electron chi connectivity index (χ1n) is 10.8. The summed E-state index contributed by atoms with van der Waals surface area (Å²) in [4.78, 5) is 15.6. The molecule has 0 bridgehead atoms. The van der Waals surface area contributed by atoms with E-state index in [-0.39, 0.29) is 16.6 Å². The molecule has 0 fully saturated rings. The second kappa shape index (κ2) is 11.0. The van der Waals surface area contributed by atoms with Crippen molar-refractivity contribution in [1.82, 2.24) is 20.2 Å². The number of alkyl halides is 3. The van der Waals surface area contributed by atoms with Crippen LogP contribution >= 0.6 is 12.2 Å². The minimum atomic E-state index is -4.75. The van der Waals surface area contributed by atoms with Crippen molar-refractivity contribution in [3.8, 4) is 22.8 Å². The van der Waals surface area contributed by atoms with Gasteiger partial charge >= 0.3 is 6.36 Å². The van der Waals surface area contributed by atoms with Gasteiger partial charge < -0.3 is 10.1 Å². The molecule has 2 N–H and O–H groups in total. The average molecular weight is 525 g/mol. The highest BCUT2D eigenvalue weighted by Crippen LogP contribution is 2.24. The zero-order valence-electron chi connectivity index (χ0n) is 19.2. The van der Waals surface area contributed by atoms with Gasteiger partial charge in [-0.15, -0.1) is 18.3 Å². The van der Waals surface area contributed by atoms with Crippen LogP contribution in [0.1, 0.15) is 22.8 Å². The van der Waals surface area contributed by atoms with Gasteiger partial charge in [-0.1, -0.05) is 24.3 Å². The van der Waals surface area contributed by atoms with Gasteiger partial charge in [-0.3, -0.25) is 10.2 Å². The maximum Gasteiger partial charge on any atom is 0.573 e. The number of hydrazone groups is 1. The number of ketones is 1. The topological polar surface area (TPSA) is 93.4 Å². The summed E-state index contributed by atoms with van der Waals surface area (Å²) in [5.41, 5.74) is 6.13. The molecule has 0 aliphatic rings. The third kappa shape index (κ3) is 7.21. The van der Waals surface area contributed by atoms with E-state index in [1.165, 1.54) is 42.2 Å². The quantitative estimate of drug-likeness (QED) is 0.146. The summed E-state index contributed by atoms with van der Waals surface area (Å²) < 4.78 is 42.3. The lowest BCUT2D eigenvalue weighted by Crippen LogP contribution is -2.23. The molecule has 4 aromatic rings. The number of hydrogen-bond acceptors (Lipinski definition) is 6. The van der Waals surface area contributed by atoms with Crippen LogP contribution in [0.2, 0.25) is 0 Å². The van der Waals surface area contributed by atoms with Crippen LogP contribution in [0.25, 0.3) is 17.1 Å². The summed E-state index contributed by atoms with van der Waals surface area (Å²) in [5.74, 6) is 0.113. The molecule has 8 nitrogen and oxygen atoms in total. The molecule has 0 saturated heterocycles. The predicted molar refractivity (Wildman–Crippen MR) is 137 cm³/mol. The molecule has 0 amide bonds. The number of halogens is 3. The second-order valence-electron chi connectivity index (χ2n) is 7.63. The summed E-state index contributed by atoms with van der Waals surface area (Å²) >= 11 is 5.21. The monoisotopic (exact) mass is 524 g/mol. The normalized spacial score (nSPS) is 11.4. The summed E-state index contributed by atoms with van der Waals surface area (Å²) in [6.07, 6.45) is -1.69. The number of Topliss-reactive ketones (excluding diaryl/α,β-unsaturated/α-hetero) is 1. The summed E-state index contributed by atoms with van der Waals surface area (Å²) in [7, 11) is 0. The zero-order valence-corrected chi connectivity index (χ0v) is 20.0. The molecular formula is C25H19F3N6O2S. The average Bonchev–Trinajstić information content (AvgIpc) is 3.35. The van der Waals surface area contributed by atoms with Gasteiger partial charge in [-0.25, -0.2) is 9.67 Å². The molecule has 0 radical (unpaired) electrons. The number of rotatable bonds is 7. The fraction of sp³-hybridized carbons (Fsp3) is 0.0800.